The highest BCUT2D eigenvalue weighted by molar-refractivity contribution is 7.89. The molecule has 0 spiro atoms. The van der Waals surface area contributed by atoms with E-state index in [0.717, 1.165) is 18.6 Å². The van der Waals surface area contributed by atoms with Gasteiger partial charge < -0.3 is 10.1 Å². The van der Waals surface area contributed by atoms with Crippen LogP contribution in [0.4, 0.5) is 13.2 Å². The molecule has 124 valence electrons. The maximum atomic E-state index is 13.7. The molecule has 1 saturated heterocycles. The highest BCUT2D eigenvalue weighted by Crippen LogP contribution is 2.27. The van der Waals surface area contributed by atoms with Crippen molar-refractivity contribution in [3.63, 3.8) is 0 Å². The second-order valence-corrected chi connectivity index (χ2v) is 6.98. The minimum absolute atomic E-state index is 0.200. The molecule has 0 aliphatic carbocycles. The van der Waals surface area contributed by atoms with Crippen LogP contribution in [0.2, 0.25) is 0 Å². The van der Waals surface area contributed by atoms with Crippen LogP contribution in [0.25, 0.3) is 0 Å². The van der Waals surface area contributed by atoms with Crippen molar-refractivity contribution in [1.82, 2.24) is 9.62 Å². The first-order valence-corrected chi connectivity index (χ1v) is 8.17. The van der Waals surface area contributed by atoms with Crippen LogP contribution in [0.15, 0.2) is 23.1 Å². The average Bonchev–Trinajstić information content (AvgIpc) is 2.90. The van der Waals surface area contributed by atoms with Crippen molar-refractivity contribution < 1.29 is 26.3 Å². The molecular formula is C13H17F3N2O3S. The van der Waals surface area contributed by atoms with Gasteiger partial charge in [-0.05, 0) is 44.1 Å². The molecule has 1 unspecified atom stereocenters. The molecule has 1 atom stereocenters. The van der Waals surface area contributed by atoms with E-state index in [1.807, 2.05) is 0 Å². The third-order valence-corrected chi connectivity index (χ3v) is 5.36. The lowest BCUT2D eigenvalue weighted by molar-refractivity contribution is -0.0522. The average molecular weight is 338 g/mol. The molecule has 0 saturated carbocycles. The molecule has 1 fully saturated rings. The zero-order valence-corrected chi connectivity index (χ0v) is 12.7. The molecule has 22 heavy (non-hydrogen) atoms. The van der Waals surface area contributed by atoms with Gasteiger partial charge in [0.25, 0.3) is 0 Å². The van der Waals surface area contributed by atoms with E-state index >= 15 is 0 Å². The van der Waals surface area contributed by atoms with Gasteiger partial charge >= 0.3 is 6.61 Å². The zero-order chi connectivity index (χ0) is 16.3. The summed E-state index contributed by atoms with van der Waals surface area (Å²) in [5, 5.41) is 2.99. The van der Waals surface area contributed by atoms with E-state index in [0.29, 0.717) is 25.7 Å². The van der Waals surface area contributed by atoms with E-state index in [-0.39, 0.29) is 10.8 Å². The van der Waals surface area contributed by atoms with Crippen LogP contribution in [0.3, 0.4) is 0 Å². The first-order chi connectivity index (χ1) is 10.3. The van der Waals surface area contributed by atoms with Gasteiger partial charge in [-0.1, -0.05) is 0 Å². The van der Waals surface area contributed by atoms with Gasteiger partial charge in [0.1, 0.15) is 0 Å². The summed E-state index contributed by atoms with van der Waals surface area (Å²) in [6, 6.07) is 2.68. The van der Waals surface area contributed by atoms with Crippen molar-refractivity contribution in [1.29, 1.82) is 0 Å². The van der Waals surface area contributed by atoms with Gasteiger partial charge in [0.15, 0.2) is 11.6 Å². The van der Waals surface area contributed by atoms with Crippen LogP contribution < -0.4 is 10.1 Å². The van der Waals surface area contributed by atoms with Gasteiger partial charge in [-0.2, -0.15) is 13.1 Å². The minimum atomic E-state index is -3.84. The molecule has 1 aliphatic rings. The largest absolute Gasteiger partial charge is 0.432 e. The van der Waals surface area contributed by atoms with Gasteiger partial charge in [-0.15, -0.1) is 0 Å². The lowest BCUT2D eigenvalue weighted by Gasteiger charge is -2.17. The summed E-state index contributed by atoms with van der Waals surface area (Å²) in [6.07, 6.45) is 0.717. The lowest BCUT2D eigenvalue weighted by atomic mass is 10.1. The fourth-order valence-electron chi connectivity index (χ4n) is 2.45. The van der Waals surface area contributed by atoms with E-state index in [9.17, 15) is 21.6 Å². The molecule has 1 aromatic carbocycles. The zero-order valence-electron chi connectivity index (χ0n) is 11.9. The Bertz CT molecular complexity index is 625. The summed E-state index contributed by atoms with van der Waals surface area (Å²) in [4.78, 5) is -0.267. The fraction of sp³-hybridized carbons (Fsp3) is 0.538. The second-order valence-electron chi connectivity index (χ2n) is 5.05. The Balaban J connectivity index is 2.18. The Morgan fingerprint density at radius 2 is 2.18 bits per heavy atom. The smallest absolute Gasteiger partial charge is 0.387 e. The molecule has 9 heteroatoms. The van der Waals surface area contributed by atoms with Gasteiger partial charge in [0, 0.05) is 13.1 Å². The van der Waals surface area contributed by atoms with Crippen LogP contribution in [-0.2, 0) is 10.0 Å². The molecular weight excluding hydrogens is 321 g/mol. The first kappa shape index (κ1) is 17.0. The molecule has 0 amide bonds. The Morgan fingerprint density at radius 1 is 1.45 bits per heavy atom. The maximum absolute atomic E-state index is 13.7. The Labute approximate surface area is 127 Å². The van der Waals surface area contributed by atoms with Crippen molar-refractivity contribution in [2.75, 3.05) is 26.7 Å². The summed E-state index contributed by atoms with van der Waals surface area (Å²) >= 11 is 0. The van der Waals surface area contributed by atoms with Crippen molar-refractivity contribution in [2.45, 2.75) is 17.9 Å². The quantitative estimate of drug-likeness (QED) is 0.857. The summed E-state index contributed by atoms with van der Waals surface area (Å²) in [7, 11) is -2.05. The van der Waals surface area contributed by atoms with Crippen LogP contribution >= 0.6 is 0 Å². The lowest BCUT2D eigenvalue weighted by Crippen LogP contribution is -2.30. The molecule has 0 radical (unpaired) electrons. The number of nitrogens with one attached hydrogen (secondary N) is 1. The van der Waals surface area contributed by atoms with Crippen molar-refractivity contribution in [3.05, 3.63) is 24.0 Å². The van der Waals surface area contributed by atoms with Crippen LogP contribution in [-0.4, -0.2) is 46.0 Å². The van der Waals surface area contributed by atoms with E-state index in [1.165, 1.54) is 4.31 Å². The van der Waals surface area contributed by atoms with Crippen molar-refractivity contribution in [3.8, 4) is 5.75 Å². The van der Waals surface area contributed by atoms with Crippen LogP contribution in [0.5, 0.6) is 5.75 Å². The number of benzene rings is 1. The third kappa shape index (κ3) is 3.71. The molecule has 1 aromatic rings. The van der Waals surface area contributed by atoms with E-state index in [2.05, 4.69) is 10.1 Å². The number of nitrogens with zero attached hydrogens (tertiary/aromatic N) is 1. The number of hydrogen-bond acceptors (Lipinski definition) is 4. The Kier molecular flexibility index (Phi) is 5.30. The number of halogens is 3. The highest BCUT2D eigenvalue weighted by Gasteiger charge is 2.32. The molecule has 2 rings (SSSR count). The van der Waals surface area contributed by atoms with Gasteiger partial charge in [-0.3, -0.25) is 0 Å². The van der Waals surface area contributed by atoms with Gasteiger partial charge in [0.2, 0.25) is 10.0 Å². The fourth-order valence-corrected chi connectivity index (χ4v) is 4.00. The molecule has 1 aliphatic heterocycles. The minimum Gasteiger partial charge on any atom is -0.432 e. The second kappa shape index (κ2) is 6.84. The number of rotatable bonds is 6. The Morgan fingerprint density at radius 3 is 2.77 bits per heavy atom. The van der Waals surface area contributed by atoms with E-state index in [4.69, 9.17) is 0 Å². The Hall–Kier alpha value is -1.32. The topological polar surface area (TPSA) is 58.6 Å². The van der Waals surface area contributed by atoms with E-state index in [1.54, 1.807) is 7.05 Å². The maximum Gasteiger partial charge on any atom is 0.387 e. The van der Waals surface area contributed by atoms with E-state index < -0.39 is 28.2 Å². The monoisotopic (exact) mass is 338 g/mol. The number of alkyl halides is 2. The number of sulfonamides is 1. The summed E-state index contributed by atoms with van der Waals surface area (Å²) in [5.41, 5.74) is 0. The standard InChI is InChI=1S/C13H17F3N2O3S/c1-17-7-9-4-5-18(8-9)22(19,20)10-2-3-12(11(14)6-10)21-13(15)16/h2-3,6,9,13,17H,4-5,7-8H2,1H3. The van der Waals surface area contributed by atoms with Crippen molar-refractivity contribution >= 4 is 10.0 Å². The molecule has 5 nitrogen and oxygen atoms in total. The molecule has 1 heterocycles. The first-order valence-electron chi connectivity index (χ1n) is 6.73. The van der Waals surface area contributed by atoms with Crippen LogP contribution in [0, 0.1) is 11.7 Å². The summed E-state index contributed by atoms with van der Waals surface area (Å²) in [6.45, 7) is -1.77. The van der Waals surface area contributed by atoms with Crippen LogP contribution in [0.1, 0.15) is 6.42 Å². The molecule has 1 N–H and O–H groups in total. The van der Waals surface area contributed by atoms with Crippen molar-refractivity contribution in [2.24, 2.45) is 5.92 Å². The SMILES string of the molecule is CNCC1CCN(S(=O)(=O)c2ccc(OC(F)F)c(F)c2)C1. The van der Waals surface area contributed by atoms with Gasteiger partial charge in [-0.25, -0.2) is 12.8 Å². The summed E-state index contributed by atoms with van der Waals surface area (Å²) in [5.74, 6) is -1.61. The normalized spacial score (nSPS) is 19.8. The number of hydrogen-bond donors (Lipinski definition) is 1. The predicted molar refractivity (Wildman–Crippen MR) is 73.8 cm³/mol. The highest BCUT2D eigenvalue weighted by atomic mass is 32.2. The van der Waals surface area contributed by atoms with Gasteiger partial charge in [0.05, 0.1) is 4.90 Å². The summed E-state index contributed by atoms with van der Waals surface area (Å²) < 4.78 is 67.9. The third-order valence-electron chi connectivity index (χ3n) is 3.50. The molecule has 0 aromatic heterocycles. The predicted octanol–water partition coefficient (Wildman–Crippen LogP) is 1.66. The molecule has 0 bridgehead atoms. The number of ether oxygens (including phenoxy) is 1.